The minimum atomic E-state index is 0.392. The van der Waals surface area contributed by atoms with Gasteiger partial charge in [0.1, 0.15) is 0 Å². The van der Waals surface area contributed by atoms with Gasteiger partial charge in [0.25, 0.3) is 0 Å². The maximum Gasteiger partial charge on any atom is 0.221 e. The summed E-state index contributed by atoms with van der Waals surface area (Å²) in [6, 6.07) is 6.09. The molecule has 0 fully saturated rings. The number of imidazole rings is 1. The summed E-state index contributed by atoms with van der Waals surface area (Å²) < 4.78 is 2.62. The predicted octanol–water partition coefficient (Wildman–Crippen LogP) is 3.14. The molecule has 2 rings (SSSR count). The molecule has 94 valence electrons. The maximum absolute atomic E-state index is 5.71. The summed E-state index contributed by atoms with van der Waals surface area (Å²) in [5, 5.41) is 4.27. The van der Waals surface area contributed by atoms with Crippen molar-refractivity contribution in [2.75, 3.05) is 12.0 Å². The lowest BCUT2D eigenvalue weighted by atomic mass is 10.2. The number of benzene rings is 1. The summed E-state index contributed by atoms with van der Waals surface area (Å²) in [5.41, 5.74) is 7.56. The van der Waals surface area contributed by atoms with Crippen molar-refractivity contribution >= 4 is 39.9 Å². The summed E-state index contributed by atoms with van der Waals surface area (Å²) in [6.45, 7) is 1.88. The summed E-state index contributed by atoms with van der Waals surface area (Å²) in [5.74, 6) is 0.392. The smallest absolute Gasteiger partial charge is 0.221 e. The first-order valence-electron chi connectivity index (χ1n) is 5.29. The first-order chi connectivity index (χ1) is 8.60. The molecule has 2 aromatic rings. The molecule has 0 aliphatic heterocycles. The van der Waals surface area contributed by atoms with Crippen LogP contribution in [0.5, 0.6) is 0 Å². The van der Waals surface area contributed by atoms with Crippen molar-refractivity contribution in [3.63, 3.8) is 0 Å². The number of aromatic nitrogens is 2. The van der Waals surface area contributed by atoms with Gasteiger partial charge in [-0.3, -0.25) is 0 Å². The second-order valence-corrected chi connectivity index (χ2v) is 5.43. The van der Waals surface area contributed by atoms with Gasteiger partial charge in [0.2, 0.25) is 5.95 Å². The molecule has 0 spiro atoms. The zero-order valence-electron chi connectivity index (χ0n) is 10.1. The number of thioether (sulfide) groups is 1. The summed E-state index contributed by atoms with van der Waals surface area (Å²) in [4.78, 5) is 5.28. The lowest BCUT2D eigenvalue weighted by Crippen LogP contribution is -1.97. The van der Waals surface area contributed by atoms with Crippen molar-refractivity contribution < 1.29 is 0 Å². The fraction of sp³-hybridized carbons (Fsp3) is 0.167. The van der Waals surface area contributed by atoms with Gasteiger partial charge >= 0.3 is 0 Å². The Kier molecular flexibility index (Phi) is 4.08. The third-order valence-corrected chi connectivity index (χ3v) is 4.06. The van der Waals surface area contributed by atoms with Gasteiger partial charge in [-0.2, -0.15) is 5.10 Å². The van der Waals surface area contributed by atoms with E-state index in [2.05, 4.69) is 32.1 Å². The molecule has 1 aromatic carbocycles. The van der Waals surface area contributed by atoms with Gasteiger partial charge in [-0.05, 0) is 46.8 Å². The van der Waals surface area contributed by atoms with Crippen LogP contribution < -0.4 is 5.73 Å². The molecule has 0 amide bonds. The summed E-state index contributed by atoms with van der Waals surface area (Å²) >= 11 is 5.22. The predicted molar refractivity (Wildman–Crippen MR) is 80.3 cm³/mol. The quantitative estimate of drug-likeness (QED) is 0.697. The van der Waals surface area contributed by atoms with Gasteiger partial charge < -0.3 is 5.73 Å². The Hall–Kier alpha value is -1.27. The average molecular weight is 325 g/mol. The molecule has 0 aliphatic carbocycles. The molecule has 0 bridgehead atoms. The van der Waals surface area contributed by atoms with Crippen LogP contribution in [0.4, 0.5) is 5.95 Å². The molecule has 1 heterocycles. The number of halogens is 1. The first-order valence-corrected chi connectivity index (χ1v) is 7.31. The van der Waals surface area contributed by atoms with Crippen LogP contribution in [0.25, 0.3) is 0 Å². The van der Waals surface area contributed by atoms with E-state index < -0.39 is 0 Å². The minimum absolute atomic E-state index is 0.392. The van der Waals surface area contributed by atoms with Crippen LogP contribution in [0, 0.1) is 6.92 Å². The molecule has 18 heavy (non-hydrogen) atoms. The highest BCUT2D eigenvalue weighted by atomic mass is 79.9. The van der Waals surface area contributed by atoms with E-state index in [0.717, 1.165) is 15.7 Å². The average Bonchev–Trinajstić information content (AvgIpc) is 2.65. The van der Waals surface area contributed by atoms with Crippen molar-refractivity contribution in [3.8, 4) is 0 Å². The highest BCUT2D eigenvalue weighted by Crippen LogP contribution is 2.26. The Morgan fingerprint density at radius 3 is 2.83 bits per heavy atom. The van der Waals surface area contributed by atoms with Crippen molar-refractivity contribution in [1.82, 2.24) is 9.66 Å². The zero-order chi connectivity index (χ0) is 13.1. The molecule has 0 saturated heterocycles. The number of hydrogen-bond acceptors (Lipinski definition) is 4. The standard InChI is InChI=1S/C12H13BrN4S/c1-8-7-17(12(14)16-8)15-6-9-3-4-11(18-2)10(13)5-9/h3-7H,1-2H3,(H2,14,16). The number of hydrogen-bond donors (Lipinski definition) is 1. The molecule has 0 unspecified atom stereocenters. The Bertz CT molecular complexity index is 592. The van der Waals surface area contributed by atoms with Gasteiger partial charge in [0.05, 0.1) is 18.1 Å². The zero-order valence-corrected chi connectivity index (χ0v) is 12.5. The van der Waals surface area contributed by atoms with Crippen LogP contribution in [0.1, 0.15) is 11.3 Å². The van der Waals surface area contributed by atoms with Crippen molar-refractivity contribution in [3.05, 3.63) is 40.1 Å². The molecule has 4 nitrogen and oxygen atoms in total. The Morgan fingerprint density at radius 1 is 1.50 bits per heavy atom. The molecular weight excluding hydrogens is 312 g/mol. The monoisotopic (exact) mass is 324 g/mol. The highest BCUT2D eigenvalue weighted by Gasteiger charge is 2.00. The van der Waals surface area contributed by atoms with Crippen molar-refractivity contribution in [2.24, 2.45) is 5.10 Å². The third kappa shape index (κ3) is 2.94. The Morgan fingerprint density at radius 2 is 2.28 bits per heavy atom. The van der Waals surface area contributed by atoms with E-state index in [1.165, 1.54) is 4.90 Å². The topological polar surface area (TPSA) is 56.2 Å². The van der Waals surface area contributed by atoms with E-state index in [1.807, 2.05) is 25.3 Å². The van der Waals surface area contributed by atoms with Crippen LogP contribution >= 0.6 is 27.7 Å². The van der Waals surface area contributed by atoms with Crippen LogP contribution in [0.2, 0.25) is 0 Å². The van der Waals surface area contributed by atoms with Gasteiger partial charge in [-0.1, -0.05) is 6.07 Å². The van der Waals surface area contributed by atoms with Crippen molar-refractivity contribution in [2.45, 2.75) is 11.8 Å². The minimum Gasteiger partial charge on any atom is -0.368 e. The van der Waals surface area contributed by atoms with Crippen LogP contribution in [0.3, 0.4) is 0 Å². The van der Waals surface area contributed by atoms with E-state index in [1.54, 1.807) is 28.8 Å². The number of nitrogen functional groups attached to an aromatic ring is 1. The van der Waals surface area contributed by atoms with Crippen LogP contribution in [-0.4, -0.2) is 22.1 Å². The van der Waals surface area contributed by atoms with Crippen LogP contribution in [-0.2, 0) is 0 Å². The van der Waals surface area contributed by atoms with Crippen LogP contribution in [0.15, 0.2) is 38.9 Å². The Labute approximate surface area is 118 Å². The number of nitrogens with two attached hydrogens (primary N) is 1. The first kappa shape index (κ1) is 13.2. The largest absolute Gasteiger partial charge is 0.368 e. The molecule has 0 atom stereocenters. The number of aryl methyl sites for hydroxylation is 1. The maximum atomic E-state index is 5.71. The molecule has 0 aliphatic rings. The number of anilines is 1. The fourth-order valence-electron chi connectivity index (χ4n) is 1.49. The third-order valence-electron chi connectivity index (χ3n) is 2.34. The lowest BCUT2D eigenvalue weighted by molar-refractivity contribution is 0.897. The summed E-state index contributed by atoms with van der Waals surface area (Å²) in [7, 11) is 0. The van der Waals surface area contributed by atoms with E-state index >= 15 is 0 Å². The Balaban J connectivity index is 2.24. The normalized spacial score (nSPS) is 11.3. The second-order valence-electron chi connectivity index (χ2n) is 3.72. The SMILES string of the molecule is CSc1ccc(C=Nn2cc(C)nc2N)cc1Br. The molecule has 0 radical (unpaired) electrons. The van der Waals surface area contributed by atoms with Gasteiger partial charge in [-0.15, -0.1) is 11.8 Å². The van der Waals surface area contributed by atoms with E-state index in [9.17, 15) is 0 Å². The highest BCUT2D eigenvalue weighted by molar-refractivity contribution is 9.10. The van der Waals surface area contributed by atoms with Gasteiger partial charge in [-0.25, -0.2) is 9.66 Å². The molecule has 0 saturated carbocycles. The van der Waals surface area contributed by atoms with E-state index in [-0.39, 0.29) is 0 Å². The summed E-state index contributed by atoms with van der Waals surface area (Å²) in [6.07, 6.45) is 5.59. The second kappa shape index (κ2) is 5.58. The van der Waals surface area contributed by atoms with Gasteiger partial charge in [0.15, 0.2) is 0 Å². The molecular formula is C12H13BrN4S. The molecule has 6 heteroatoms. The number of nitrogens with zero attached hydrogens (tertiary/aromatic N) is 3. The fourth-order valence-corrected chi connectivity index (χ4v) is 2.83. The van der Waals surface area contributed by atoms with Crippen molar-refractivity contribution in [1.29, 1.82) is 0 Å². The lowest BCUT2D eigenvalue weighted by Gasteiger charge is -2.01. The van der Waals surface area contributed by atoms with E-state index in [4.69, 9.17) is 5.73 Å². The molecule has 1 aromatic heterocycles. The van der Waals surface area contributed by atoms with Gasteiger partial charge in [0, 0.05) is 9.37 Å². The van der Waals surface area contributed by atoms with E-state index in [0.29, 0.717) is 5.95 Å². The molecule has 2 N–H and O–H groups in total. The number of rotatable bonds is 3.